The van der Waals surface area contributed by atoms with Crippen molar-refractivity contribution in [2.45, 2.75) is 31.0 Å². The van der Waals surface area contributed by atoms with Crippen LogP contribution in [0.3, 0.4) is 0 Å². The number of halogens is 1. The van der Waals surface area contributed by atoms with Gasteiger partial charge in [-0.05, 0) is 54.4 Å². The van der Waals surface area contributed by atoms with Crippen LogP contribution in [0.25, 0.3) is 0 Å². The average Bonchev–Trinajstić information content (AvgIpc) is 2.99. The highest BCUT2D eigenvalue weighted by Gasteiger charge is 2.28. The molecule has 0 aliphatic carbocycles. The molecule has 1 unspecified atom stereocenters. The molecule has 4 rings (SSSR count). The van der Waals surface area contributed by atoms with Crippen LogP contribution in [-0.2, 0) is 37.4 Å². The smallest absolute Gasteiger partial charge is 0.261 e. The maximum atomic E-state index is 13.4. The normalized spacial score (nSPS) is 14.8. The van der Waals surface area contributed by atoms with Gasteiger partial charge in [0.15, 0.2) is 6.61 Å². The van der Waals surface area contributed by atoms with Gasteiger partial charge in [-0.3, -0.25) is 9.59 Å². The summed E-state index contributed by atoms with van der Waals surface area (Å²) in [6, 6.07) is 20.1. The van der Waals surface area contributed by atoms with E-state index in [1.54, 1.807) is 19.1 Å². The van der Waals surface area contributed by atoms with Crippen LogP contribution in [0.2, 0.25) is 0 Å². The number of carbonyl (C=O) groups is 2. The summed E-state index contributed by atoms with van der Waals surface area (Å²) < 4.78 is 51.4. The number of amides is 2. The van der Waals surface area contributed by atoms with Crippen molar-refractivity contribution < 1.29 is 31.9 Å². The van der Waals surface area contributed by atoms with Crippen LogP contribution in [-0.4, -0.2) is 68.4 Å². The van der Waals surface area contributed by atoms with Gasteiger partial charge in [-0.15, -0.1) is 0 Å². The van der Waals surface area contributed by atoms with Gasteiger partial charge in [0.25, 0.3) is 5.91 Å². The summed E-state index contributed by atoms with van der Waals surface area (Å²) in [7, 11) is -3.66. The van der Waals surface area contributed by atoms with Gasteiger partial charge >= 0.3 is 0 Å². The fraction of sp³-hybridized carbons (Fsp3) is 0.310. The van der Waals surface area contributed by atoms with Crippen LogP contribution >= 0.6 is 0 Å². The van der Waals surface area contributed by atoms with Crippen molar-refractivity contribution >= 4 is 21.8 Å². The summed E-state index contributed by atoms with van der Waals surface area (Å²) in [5.41, 5.74) is 1.57. The molecule has 0 spiro atoms. The second-order valence-corrected chi connectivity index (χ2v) is 11.2. The van der Waals surface area contributed by atoms with Crippen LogP contribution in [0.15, 0.2) is 83.8 Å². The number of sulfonamides is 1. The Morgan fingerprint density at radius 3 is 2.27 bits per heavy atom. The second kappa shape index (κ2) is 13.5. The molecule has 0 radical (unpaired) electrons. The first-order valence-electron chi connectivity index (χ1n) is 12.9. The molecule has 3 aromatic rings. The zero-order valence-electron chi connectivity index (χ0n) is 22.2. The molecule has 1 fully saturated rings. The fourth-order valence-electron chi connectivity index (χ4n) is 4.17. The number of hydrogen-bond acceptors (Lipinski definition) is 6. The van der Waals surface area contributed by atoms with E-state index in [-0.39, 0.29) is 37.0 Å². The number of ether oxygens (including phenoxy) is 2. The first-order valence-corrected chi connectivity index (χ1v) is 14.3. The van der Waals surface area contributed by atoms with Crippen molar-refractivity contribution in [3.63, 3.8) is 0 Å². The Labute approximate surface area is 233 Å². The van der Waals surface area contributed by atoms with E-state index in [2.05, 4.69) is 5.32 Å². The van der Waals surface area contributed by atoms with Gasteiger partial charge in [0.2, 0.25) is 15.9 Å². The molecule has 0 aromatic heterocycles. The number of carbonyl (C=O) groups excluding carboxylic acids is 2. The van der Waals surface area contributed by atoms with Crippen molar-refractivity contribution in [3.8, 4) is 5.75 Å². The van der Waals surface area contributed by atoms with E-state index < -0.39 is 27.8 Å². The standard InChI is InChI=1S/C29H32FN3O6S/c1-22(29(35)31-19-23-5-3-2-4-6-23)33(20-24-7-9-25(30)10-8-24)28(34)21-39-26-11-13-27(14-12-26)40(36,37)32-15-17-38-18-16-32/h2-14,22H,15-21H2,1H3,(H,31,35). The molecule has 1 N–H and O–H groups in total. The Hall–Kier alpha value is -3.80. The third-order valence-electron chi connectivity index (χ3n) is 6.54. The first kappa shape index (κ1) is 29.2. The predicted molar refractivity (Wildman–Crippen MR) is 146 cm³/mol. The van der Waals surface area contributed by atoms with Crippen LogP contribution in [0.1, 0.15) is 18.1 Å². The lowest BCUT2D eigenvalue weighted by Crippen LogP contribution is -2.48. The Bertz CT molecular complexity index is 1380. The van der Waals surface area contributed by atoms with Crippen molar-refractivity contribution in [2.24, 2.45) is 0 Å². The minimum atomic E-state index is -3.66. The lowest BCUT2D eigenvalue weighted by Gasteiger charge is -2.29. The molecule has 0 bridgehead atoms. The summed E-state index contributed by atoms with van der Waals surface area (Å²) in [5, 5.41) is 2.85. The molecular weight excluding hydrogens is 537 g/mol. The Kier molecular flexibility index (Phi) is 9.86. The quantitative estimate of drug-likeness (QED) is 0.381. The first-order chi connectivity index (χ1) is 19.2. The van der Waals surface area contributed by atoms with Gasteiger partial charge in [0.1, 0.15) is 17.6 Å². The molecule has 2 amide bonds. The summed E-state index contributed by atoms with van der Waals surface area (Å²) in [6.07, 6.45) is 0. The number of nitrogens with zero attached hydrogens (tertiary/aromatic N) is 2. The third-order valence-corrected chi connectivity index (χ3v) is 8.45. The van der Waals surface area contributed by atoms with Gasteiger partial charge in [0.05, 0.1) is 18.1 Å². The molecule has 1 heterocycles. The second-order valence-electron chi connectivity index (χ2n) is 9.30. The van der Waals surface area contributed by atoms with E-state index in [0.717, 1.165) is 5.56 Å². The number of rotatable bonds is 11. The maximum Gasteiger partial charge on any atom is 0.261 e. The summed E-state index contributed by atoms with van der Waals surface area (Å²) in [6.45, 7) is 2.88. The van der Waals surface area contributed by atoms with E-state index >= 15 is 0 Å². The van der Waals surface area contributed by atoms with E-state index in [4.69, 9.17) is 9.47 Å². The Morgan fingerprint density at radius 1 is 0.975 bits per heavy atom. The van der Waals surface area contributed by atoms with Crippen LogP contribution in [0.4, 0.5) is 4.39 Å². The summed E-state index contributed by atoms with van der Waals surface area (Å²) >= 11 is 0. The molecule has 40 heavy (non-hydrogen) atoms. The topological polar surface area (TPSA) is 105 Å². The van der Waals surface area contributed by atoms with Crippen LogP contribution in [0, 0.1) is 5.82 Å². The number of nitrogens with one attached hydrogen (secondary N) is 1. The lowest BCUT2D eigenvalue weighted by molar-refractivity contribution is -0.142. The highest BCUT2D eigenvalue weighted by molar-refractivity contribution is 7.89. The highest BCUT2D eigenvalue weighted by atomic mass is 32.2. The minimum Gasteiger partial charge on any atom is -0.484 e. The van der Waals surface area contributed by atoms with Gasteiger partial charge in [-0.25, -0.2) is 12.8 Å². The van der Waals surface area contributed by atoms with E-state index in [9.17, 15) is 22.4 Å². The third kappa shape index (κ3) is 7.65. The molecule has 11 heteroatoms. The van der Waals surface area contributed by atoms with Crippen molar-refractivity contribution in [3.05, 3.63) is 95.8 Å². The van der Waals surface area contributed by atoms with E-state index in [1.165, 1.54) is 45.6 Å². The molecule has 9 nitrogen and oxygen atoms in total. The Morgan fingerprint density at radius 2 is 1.62 bits per heavy atom. The van der Waals surface area contributed by atoms with E-state index in [0.29, 0.717) is 31.1 Å². The zero-order valence-corrected chi connectivity index (χ0v) is 23.0. The van der Waals surface area contributed by atoms with Gasteiger partial charge in [0, 0.05) is 26.2 Å². The molecule has 1 saturated heterocycles. The predicted octanol–water partition coefficient (Wildman–Crippen LogP) is 2.96. The number of hydrogen-bond donors (Lipinski definition) is 1. The minimum absolute atomic E-state index is 0.0686. The fourth-order valence-corrected chi connectivity index (χ4v) is 5.58. The lowest BCUT2D eigenvalue weighted by atomic mass is 10.1. The monoisotopic (exact) mass is 569 g/mol. The average molecular weight is 570 g/mol. The van der Waals surface area contributed by atoms with Crippen molar-refractivity contribution in [2.75, 3.05) is 32.9 Å². The van der Waals surface area contributed by atoms with Crippen LogP contribution < -0.4 is 10.1 Å². The largest absolute Gasteiger partial charge is 0.484 e. The number of benzene rings is 3. The van der Waals surface area contributed by atoms with Gasteiger partial charge in [-0.1, -0.05) is 42.5 Å². The molecule has 212 valence electrons. The molecule has 1 aliphatic rings. The highest BCUT2D eigenvalue weighted by Crippen LogP contribution is 2.21. The van der Waals surface area contributed by atoms with Gasteiger partial charge in [-0.2, -0.15) is 4.31 Å². The van der Waals surface area contributed by atoms with Gasteiger partial charge < -0.3 is 19.7 Å². The van der Waals surface area contributed by atoms with Crippen molar-refractivity contribution in [1.29, 1.82) is 0 Å². The zero-order chi connectivity index (χ0) is 28.5. The molecule has 3 aromatic carbocycles. The van der Waals surface area contributed by atoms with E-state index in [1.807, 2.05) is 30.3 Å². The summed E-state index contributed by atoms with van der Waals surface area (Å²) in [4.78, 5) is 27.7. The molecular formula is C29H32FN3O6S. The molecule has 1 aliphatic heterocycles. The summed E-state index contributed by atoms with van der Waals surface area (Å²) in [5.74, 6) is -0.913. The molecule has 1 atom stereocenters. The van der Waals surface area contributed by atoms with Crippen LogP contribution in [0.5, 0.6) is 5.75 Å². The molecule has 0 saturated carbocycles. The van der Waals surface area contributed by atoms with Crippen molar-refractivity contribution in [1.82, 2.24) is 14.5 Å². The maximum absolute atomic E-state index is 13.4. The Balaban J connectivity index is 1.41. The SMILES string of the molecule is CC(C(=O)NCc1ccccc1)N(Cc1ccc(F)cc1)C(=O)COc1ccc(S(=O)(=O)N2CCOCC2)cc1. The number of morpholine rings is 1.